The average Bonchev–Trinajstić information content (AvgIpc) is 2.86. The fraction of sp³-hybridized carbons (Fsp3) is 0.407. The number of alkyl halides is 1. The van der Waals surface area contributed by atoms with Gasteiger partial charge in [0.25, 0.3) is 0 Å². The van der Waals surface area contributed by atoms with Gasteiger partial charge in [-0.2, -0.15) is 0 Å². The first-order chi connectivity index (χ1) is 17.7. The third kappa shape index (κ3) is 6.73. The summed E-state index contributed by atoms with van der Waals surface area (Å²) in [7, 11) is 1.47. The van der Waals surface area contributed by atoms with Crippen molar-refractivity contribution >= 4 is 28.6 Å². The van der Waals surface area contributed by atoms with Crippen molar-refractivity contribution in [2.75, 3.05) is 32.5 Å². The largest absolute Gasteiger partial charge is 0.497 e. The minimum Gasteiger partial charge on any atom is -0.497 e. The van der Waals surface area contributed by atoms with Crippen LogP contribution in [0.2, 0.25) is 0 Å². The number of aromatic nitrogens is 1. The molecule has 0 aliphatic carbocycles. The summed E-state index contributed by atoms with van der Waals surface area (Å²) in [5.41, 5.74) is 0.370. The molecule has 2 aromatic carbocycles. The summed E-state index contributed by atoms with van der Waals surface area (Å²) in [5.74, 6) is -2.89. The Hall–Kier alpha value is -2.85. The van der Waals surface area contributed by atoms with Crippen LogP contribution < -0.4 is 4.74 Å². The Morgan fingerprint density at radius 2 is 1.97 bits per heavy atom. The van der Waals surface area contributed by atoms with E-state index in [1.165, 1.54) is 31.0 Å². The molecule has 1 N–H and O–H groups in total. The van der Waals surface area contributed by atoms with Gasteiger partial charge in [-0.15, -0.1) is 11.8 Å². The van der Waals surface area contributed by atoms with Gasteiger partial charge < -0.3 is 14.7 Å². The maximum atomic E-state index is 15.4. The maximum absolute atomic E-state index is 15.4. The number of piperidine rings is 1. The molecule has 0 bridgehead atoms. The number of likely N-dealkylation sites (tertiary alicyclic amines) is 1. The standard InChI is InChI=1S/C27H28F4N2O3S/c1-36-19-3-5-25-21(13-19)26(24(31)14-32-25)23(30)4-2-16-6-7-33(15-22(16)27(34)35)8-9-37-20-11-17(28)10-18(29)12-20/h3,5,10-14,16,22-23H,2,4,6-9,15H2,1H3,(H,34,35). The van der Waals surface area contributed by atoms with Crippen molar-refractivity contribution in [3.8, 4) is 5.75 Å². The van der Waals surface area contributed by atoms with E-state index in [-0.39, 0.29) is 17.9 Å². The summed E-state index contributed by atoms with van der Waals surface area (Å²) >= 11 is 1.30. The van der Waals surface area contributed by atoms with Crippen LogP contribution in [0.3, 0.4) is 0 Å². The highest BCUT2D eigenvalue weighted by molar-refractivity contribution is 7.99. The molecule has 4 rings (SSSR count). The molecule has 198 valence electrons. The van der Waals surface area contributed by atoms with E-state index in [0.717, 1.165) is 12.3 Å². The van der Waals surface area contributed by atoms with Crippen LogP contribution in [-0.2, 0) is 4.79 Å². The Bertz CT molecular complexity index is 1240. The van der Waals surface area contributed by atoms with Crippen LogP contribution in [0, 0.1) is 29.3 Å². The summed E-state index contributed by atoms with van der Waals surface area (Å²) in [4.78, 5) is 18.5. The van der Waals surface area contributed by atoms with Crippen LogP contribution in [0.4, 0.5) is 17.6 Å². The van der Waals surface area contributed by atoms with Crippen molar-refractivity contribution in [3.63, 3.8) is 0 Å². The first kappa shape index (κ1) is 27.2. The minimum absolute atomic E-state index is 0.0112. The second-order valence-electron chi connectivity index (χ2n) is 9.20. The summed E-state index contributed by atoms with van der Waals surface area (Å²) in [6.45, 7) is 1.49. The monoisotopic (exact) mass is 536 g/mol. The number of benzene rings is 2. The molecule has 1 aliphatic rings. The number of methoxy groups -OCH3 is 1. The van der Waals surface area contributed by atoms with E-state index in [2.05, 4.69) is 4.98 Å². The van der Waals surface area contributed by atoms with Gasteiger partial charge >= 0.3 is 5.97 Å². The fourth-order valence-electron chi connectivity index (χ4n) is 4.92. The number of carboxylic acid groups (broad SMARTS) is 1. The van der Waals surface area contributed by atoms with Gasteiger partial charge in [0.15, 0.2) is 0 Å². The normalized spacial score (nSPS) is 19.2. The molecule has 3 unspecified atom stereocenters. The van der Waals surface area contributed by atoms with Gasteiger partial charge in [-0.1, -0.05) is 0 Å². The number of nitrogens with zero attached hydrogens (tertiary/aromatic N) is 2. The Morgan fingerprint density at radius 1 is 1.22 bits per heavy atom. The van der Waals surface area contributed by atoms with Crippen molar-refractivity contribution in [2.24, 2.45) is 11.8 Å². The predicted molar refractivity (Wildman–Crippen MR) is 134 cm³/mol. The number of halogens is 4. The maximum Gasteiger partial charge on any atom is 0.308 e. The zero-order chi connectivity index (χ0) is 26.5. The Balaban J connectivity index is 1.36. The molecule has 1 fully saturated rings. The van der Waals surface area contributed by atoms with E-state index in [0.29, 0.717) is 59.8 Å². The number of carbonyl (C=O) groups is 1. The number of thioether (sulfide) groups is 1. The van der Waals surface area contributed by atoms with Gasteiger partial charge in [0.1, 0.15) is 29.4 Å². The number of aliphatic carboxylic acids is 1. The minimum atomic E-state index is -1.62. The molecule has 10 heteroatoms. The Labute approximate surface area is 216 Å². The highest BCUT2D eigenvalue weighted by atomic mass is 32.2. The number of carboxylic acids is 1. The third-order valence-electron chi connectivity index (χ3n) is 6.84. The summed E-state index contributed by atoms with van der Waals surface area (Å²) in [6.07, 6.45) is 0.245. The fourth-order valence-corrected chi connectivity index (χ4v) is 5.90. The van der Waals surface area contributed by atoms with Crippen molar-refractivity contribution < 1.29 is 32.2 Å². The zero-order valence-corrected chi connectivity index (χ0v) is 21.1. The Morgan fingerprint density at radius 3 is 2.68 bits per heavy atom. The summed E-state index contributed by atoms with van der Waals surface area (Å²) in [6, 6.07) is 8.21. The van der Waals surface area contributed by atoms with Crippen molar-refractivity contribution in [1.29, 1.82) is 0 Å². The van der Waals surface area contributed by atoms with Gasteiger partial charge in [0.2, 0.25) is 0 Å². The first-order valence-electron chi connectivity index (χ1n) is 12.1. The second-order valence-corrected chi connectivity index (χ2v) is 10.4. The van der Waals surface area contributed by atoms with Crippen LogP contribution in [0.15, 0.2) is 47.5 Å². The van der Waals surface area contributed by atoms with E-state index in [1.54, 1.807) is 18.2 Å². The van der Waals surface area contributed by atoms with Gasteiger partial charge in [0.05, 0.1) is 24.7 Å². The Kier molecular flexibility index (Phi) is 8.91. The van der Waals surface area contributed by atoms with Crippen LogP contribution >= 0.6 is 11.8 Å². The molecule has 1 aromatic heterocycles. The molecule has 0 spiro atoms. The van der Waals surface area contributed by atoms with Gasteiger partial charge in [-0.25, -0.2) is 17.6 Å². The van der Waals surface area contributed by atoms with Crippen LogP contribution in [0.1, 0.15) is 31.0 Å². The SMILES string of the molecule is COc1ccc2ncc(F)c(C(F)CCC3CCN(CCSc4cc(F)cc(F)c4)CC3C(=O)O)c2c1. The molecule has 2 heterocycles. The lowest BCUT2D eigenvalue weighted by atomic mass is 9.81. The predicted octanol–water partition coefficient (Wildman–Crippen LogP) is 6.27. The van der Waals surface area contributed by atoms with E-state index in [4.69, 9.17) is 4.74 Å². The molecule has 1 saturated heterocycles. The molecule has 0 saturated carbocycles. The van der Waals surface area contributed by atoms with E-state index in [1.807, 2.05) is 4.90 Å². The number of hydrogen-bond acceptors (Lipinski definition) is 5. The second kappa shape index (κ2) is 12.1. The molecule has 0 amide bonds. The van der Waals surface area contributed by atoms with E-state index in [9.17, 15) is 23.1 Å². The highest BCUT2D eigenvalue weighted by Gasteiger charge is 2.34. The molecule has 1 aliphatic heterocycles. The smallest absolute Gasteiger partial charge is 0.308 e. The molecule has 3 aromatic rings. The third-order valence-corrected chi connectivity index (χ3v) is 7.80. The molecule has 37 heavy (non-hydrogen) atoms. The number of hydrogen-bond donors (Lipinski definition) is 1. The molecule has 0 radical (unpaired) electrons. The number of ether oxygens (including phenoxy) is 1. The zero-order valence-electron chi connectivity index (χ0n) is 20.3. The molecular weight excluding hydrogens is 508 g/mol. The van der Waals surface area contributed by atoms with E-state index >= 15 is 4.39 Å². The van der Waals surface area contributed by atoms with Crippen LogP contribution in [0.25, 0.3) is 10.9 Å². The van der Waals surface area contributed by atoms with Gasteiger partial charge in [-0.3, -0.25) is 9.78 Å². The topological polar surface area (TPSA) is 62.7 Å². The number of fused-ring (bicyclic) bond motifs is 1. The van der Waals surface area contributed by atoms with Gasteiger partial charge in [0, 0.05) is 40.8 Å². The van der Waals surface area contributed by atoms with E-state index < -0.39 is 35.5 Å². The lowest BCUT2D eigenvalue weighted by Crippen LogP contribution is -2.44. The van der Waals surface area contributed by atoms with Crippen LogP contribution in [-0.4, -0.2) is 53.5 Å². The lowest BCUT2D eigenvalue weighted by Gasteiger charge is -2.36. The average molecular weight is 537 g/mol. The number of rotatable bonds is 10. The summed E-state index contributed by atoms with van der Waals surface area (Å²) < 4.78 is 62.0. The van der Waals surface area contributed by atoms with Crippen LogP contribution in [0.5, 0.6) is 5.75 Å². The molecular formula is C27H28F4N2O3S. The van der Waals surface area contributed by atoms with Crippen molar-refractivity contribution in [2.45, 2.75) is 30.3 Å². The lowest BCUT2D eigenvalue weighted by molar-refractivity contribution is -0.146. The number of pyridine rings is 1. The van der Waals surface area contributed by atoms with Crippen molar-refractivity contribution in [3.05, 3.63) is 65.6 Å². The first-order valence-corrected chi connectivity index (χ1v) is 13.0. The highest BCUT2D eigenvalue weighted by Crippen LogP contribution is 2.37. The van der Waals surface area contributed by atoms with Crippen molar-refractivity contribution in [1.82, 2.24) is 9.88 Å². The molecule has 3 atom stereocenters. The summed E-state index contributed by atoms with van der Waals surface area (Å²) in [5, 5.41) is 10.2. The van der Waals surface area contributed by atoms with Gasteiger partial charge in [-0.05, 0) is 62.1 Å². The quantitative estimate of drug-likeness (QED) is 0.244. The molecule has 5 nitrogen and oxygen atoms in total.